The lowest BCUT2D eigenvalue weighted by atomic mass is 10.0. The van der Waals surface area contributed by atoms with Crippen LogP contribution in [0.4, 0.5) is 0 Å². The molecule has 2 aromatic heterocycles. The highest BCUT2D eigenvalue weighted by Crippen LogP contribution is 2.41. The van der Waals surface area contributed by atoms with Gasteiger partial charge in [-0.05, 0) is 25.5 Å². The van der Waals surface area contributed by atoms with Gasteiger partial charge in [0.15, 0.2) is 4.34 Å². The number of fused-ring (bicyclic) bond motifs is 1. The quantitative estimate of drug-likeness (QED) is 0.457. The van der Waals surface area contributed by atoms with E-state index in [4.69, 9.17) is 0 Å². The summed E-state index contributed by atoms with van der Waals surface area (Å²) in [5.74, 6) is -1.16. The molecule has 13 heteroatoms. The number of thioether (sulfide) groups is 2. The number of hydrogen-bond acceptors (Lipinski definition) is 9. The van der Waals surface area contributed by atoms with Crippen molar-refractivity contribution in [3.8, 4) is 0 Å². The maximum atomic E-state index is 12.7. The predicted octanol–water partition coefficient (Wildman–Crippen LogP) is 1.21. The summed E-state index contributed by atoms with van der Waals surface area (Å²) in [5, 5.41) is 24.9. The number of nitrogens with zero attached hydrogens (tertiary/aromatic N) is 5. The molecule has 0 unspecified atom stereocenters. The van der Waals surface area contributed by atoms with Gasteiger partial charge < -0.3 is 10.4 Å². The van der Waals surface area contributed by atoms with Crippen molar-refractivity contribution in [2.45, 2.75) is 36.1 Å². The summed E-state index contributed by atoms with van der Waals surface area (Å²) >= 11 is 4.28. The molecule has 158 valence electrons. The molecule has 2 N–H and O–H groups in total. The third-order valence-electron chi connectivity index (χ3n) is 4.61. The van der Waals surface area contributed by atoms with Crippen LogP contribution in [0.3, 0.4) is 0 Å². The Morgan fingerprint density at radius 3 is 2.83 bits per heavy atom. The molecule has 0 spiro atoms. The van der Waals surface area contributed by atoms with Gasteiger partial charge in [0.05, 0.1) is 0 Å². The number of rotatable bonds is 7. The van der Waals surface area contributed by atoms with Crippen LogP contribution < -0.4 is 5.32 Å². The molecule has 0 bridgehead atoms. The van der Waals surface area contributed by atoms with Gasteiger partial charge in [0, 0.05) is 24.2 Å². The molecule has 10 nitrogen and oxygen atoms in total. The van der Waals surface area contributed by atoms with Gasteiger partial charge in [-0.15, -0.1) is 22.0 Å². The number of carboxylic acids is 1. The normalized spacial score (nSPS) is 20.7. The molecule has 0 saturated carbocycles. The van der Waals surface area contributed by atoms with E-state index in [0.717, 1.165) is 9.35 Å². The fraction of sp³-hybridized carbons (Fsp3) is 0.412. The second-order valence-corrected chi connectivity index (χ2v) is 10.1. The maximum absolute atomic E-state index is 12.7. The first-order chi connectivity index (χ1) is 14.4. The second-order valence-electron chi connectivity index (χ2n) is 6.55. The zero-order valence-electron chi connectivity index (χ0n) is 16.1. The van der Waals surface area contributed by atoms with Crippen molar-refractivity contribution in [1.29, 1.82) is 0 Å². The van der Waals surface area contributed by atoms with Crippen molar-refractivity contribution in [3.05, 3.63) is 34.2 Å². The largest absolute Gasteiger partial charge is 0.477 e. The summed E-state index contributed by atoms with van der Waals surface area (Å²) in [6.07, 6.45) is 1.69. The Labute approximate surface area is 184 Å². The molecule has 0 aromatic carbocycles. The maximum Gasteiger partial charge on any atom is 0.352 e. The van der Waals surface area contributed by atoms with Gasteiger partial charge in [0.1, 0.15) is 27.8 Å². The van der Waals surface area contributed by atoms with Gasteiger partial charge in [-0.1, -0.05) is 23.1 Å². The summed E-state index contributed by atoms with van der Waals surface area (Å²) in [6, 6.07) is 0.810. The standard InChI is InChI=1S/C17H18N6O4S3/c1-3-22-5-4-10(21-22)13(24)18-11-14(25)23-12(16(26)27)9(6-28-15(11)23)7-29-17-20-19-8(2)30-17/h4-5,11,15H,3,6-7H2,1-2H3,(H,18,24)(H,26,27)/t11-,15+/m1/s1. The van der Waals surface area contributed by atoms with Gasteiger partial charge >= 0.3 is 5.97 Å². The molecule has 2 amide bonds. The summed E-state index contributed by atoms with van der Waals surface area (Å²) in [7, 11) is 0. The van der Waals surface area contributed by atoms with E-state index in [1.807, 2.05) is 13.8 Å². The number of carbonyl (C=O) groups is 3. The first kappa shape index (κ1) is 20.9. The van der Waals surface area contributed by atoms with Crippen LogP contribution in [0.2, 0.25) is 0 Å². The minimum atomic E-state index is -1.15. The number of aromatic nitrogens is 4. The monoisotopic (exact) mass is 466 g/mol. The van der Waals surface area contributed by atoms with Crippen LogP contribution in [0.25, 0.3) is 0 Å². The molecular formula is C17H18N6O4S3. The number of aryl methyl sites for hydroxylation is 2. The Morgan fingerprint density at radius 2 is 2.20 bits per heavy atom. The van der Waals surface area contributed by atoms with Crippen LogP contribution in [0.5, 0.6) is 0 Å². The van der Waals surface area contributed by atoms with E-state index < -0.39 is 29.2 Å². The van der Waals surface area contributed by atoms with Gasteiger partial charge in [-0.25, -0.2) is 4.79 Å². The van der Waals surface area contributed by atoms with Crippen molar-refractivity contribution in [1.82, 2.24) is 30.2 Å². The molecule has 1 saturated heterocycles. The molecule has 4 rings (SSSR count). The van der Waals surface area contributed by atoms with Crippen molar-refractivity contribution >= 4 is 52.6 Å². The molecule has 1 fully saturated rings. The average molecular weight is 467 g/mol. The lowest BCUT2D eigenvalue weighted by Gasteiger charge is -2.49. The van der Waals surface area contributed by atoms with Crippen LogP contribution >= 0.6 is 34.9 Å². The minimum Gasteiger partial charge on any atom is -0.477 e. The molecule has 4 heterocycles. The number of nitrogens with one attached hydrogen (secondary N) is 1. The minimum absolute atomic E-state index is 0.00162. The van der Waals surface area contributed by atoms with Crippen LogP contribution in [0.15, 0.2) is 27.9 Å². The van der Waals surface area contributed by atoms with Gasteiger partial charge in [-0.2, -0.15) is 5.10 Å². The van der Waals surface area contributed by atoms with E-state index in [-0.39, 0.29) is 11.4 Å². The fourth-order valence-electron chi connectivity index (χ4n) is 3.15. The zero-order valence-corrected chi connectivity index (χ0v) is 18.5. The van der Waals surface area contributed by atoms with Crippen molar-refractivity contribution in [2.24, 2.45) is 0 Å². The first-order valence-corrected chi connectivity index (χ1v) is 11.9. The van der Waals surface area contributed by atoms with E-state index >= 15 is 0 Å². The molecule has 2 aliphatic rings. The van der Waals surface area contributed by atoms with E-state index in [9.17, 15) is 19.5 Å². The zero-order chi connectivity index (χ0) is 21.4. The molecular weight excluding hydrogens is 448 g/mol. The van der Waals surface area contributed by atoms with Crippen LogP contribution in [-0.4, -0.2) is 70.7 Å². The number of β-lactam (4-membered cyclic amide) rings is 1. The summed E-state index contributed by atoms with van der Waals surface area (Å²) < 4.78 is 2.37. The van der Waals surface area contributed by atoms with Crippen LogP contribution in [-0.2, 0) is 16.1 Å². The van der Waals surface area contributed by atoms with Crippen molar-refractivity contribution < 1.29 is 19.5 Å². The first-order valence-electron chi connectivity index (χ1n) is 9.06. The Bertz CT molecular complexity index is 1050. The van der Waals surface area contributed by atoms with E-state index in [1.165, 1.54) is 39.8 Å². The number of hydrogen-bond donors (Lipinski definition) is 2. The highest BCUT2D eigenvalue weighted by molar-refractivity contribution is 8.01. The average Bonchev–Trinajstić information content (AvgIpc) is 3.38. The SMILES string of the molecule is CCn1ccc(C(=O)N[C@@H]2C(=O)N3C(C(=O)O)=C(CSc4nnc(C)s4)CS[C@@H]23)n1. The summed E-state index contributed by atoms with van der Waals surface area (Å²) in [5.41, 5.74) is 0.877. The lowest BCUT2D eigenvalue weighted by Crippen LogP contribution is -2.70. The van der Waals surface area contributed by atoms with Gasteiger partial charge in [-0.3, -0.25) is 19.2 Å². The third-order valence-corrected chi connectivity index (χ3v) is 8.01. The molecule has 0 aliphatic carbocycles. The summed E-state index contributed by atoms with van der Waals surface area (Å²) in [4.78, 5) is 38.3. The molecule has 2 aliphatic heterocycles. The molecule has 30 heavy (non-hydrogen) atoms. The fourth-order valence-corrected chi connectivity index (χ4v) is 6.45. The number of amides is 2. The highest BCUT2D eigenvalue weighted by atomic mass is 32.2. The van der Waals surface area contributed by atoms with Crippen molar-refractivity contribution in [3.63, 3.8) is 0 Å². The number of carboxylic acid groups (broad SMARTS) is 1. The molecule has 2 atom stereocenters. The summed E-state index contributed by atoms with van der Waals surface area (Å²) in [6.45, 7) is 4.39. The third kappa shape index (κ3) is 3.84. The smallest absolute Gasteiger partial charge is 0.352 e. The van der Waals surface area contributed by atoms with E-state index in [1.54, 1.807) is 16.9 Å². The van der Waals surface area contributed by atoms with E-state index in [2.05, 4.69) is 20.6 Å². The Balaban J connectivity index is 1.47. The van der Waals surface area contributed by atoms with Crippen molar-refractivity contribution in [2.75, 3.05) is 11.5 Å². The van der Waals surface area contributed by atoms with Crippen LogP contribution in [0, 0.1) is 6.92 Å². The molecule has 2 aromatic rings. The number of carbonyl (C=O) groups excluding carboxylic acids is 2. The lowest BCUT2D eigenvalue weighted by molar-refractivity contribution is -0.148. The van der Waals surface area contributed by atoms with E-state index in [0.29, 0.717) is 23.6 Å². The van der Waals surface area contributed by atoms with Gasteiger partial charge in [0.25, 0.3) is 11.8 Å². The topological polar surface area (TPSA) is 130 Å². The van der Waals surface area contributed by atoms with Gasteiger partial charge in [0.2, 0.25) is 0 Å². The highest BCUT2D eigenvalue weighted by Gasteiger charge is 2.54. The number of aliphatic carboxylic acids is 1. The Morgan fingerprint density at radius 1 is 1.40 bits per heavy atom. The van der Waals surface area contributed by atoms with Crippen LogP contribution in [0.1, 0.15) is 22.4 Å². The Kier molecular flexibility index (Phi) is 5.84. The predicted molar refractivity (Wildman–Crippen MR) is 112 cm³/mol. The molecule has 0 radical (unpaired) electrons. The second kappa shape index (κ2) is 8.40. The Hall–Kier alpha value is -2.38.